The minimum absolute atomic E-state index is 0.0423. The molecule has 0 amide bonds. The van der Waals surface area contributed by atoms with Gasteiger partial charge < -0.3 is 10.6 Å². The van der Waals surface area contributed by atoms with E-state index >= 15 is 0 Å². The highest BCUT2D eigenvalue weighted by atomic mass is 19.1. The van der Waals surface area contributed by atoms with Crippen LogP contribution in [-0.2, 0) is 0 Å². The lowest BCUT2D eigenvalue weighted by molar-refractivity contribution is 0.234. The molecule has 1 aliphatic carbocycles. The van der Waals surface area contributed by atoms with Crippen molar-refractivity contribution in [3.05, 3.63) is 58.3 Å². The largest absolute Gasteiger partial charge is 0.399 e. The number of halogens is 2. The van der Waals surface area contributed by atoms with Crippen molar-refractivity contribution in [3.8, 4) is 18.2 Å². The summed E-state index contributed by atoms with van der Waals surface area (Å²) in [6, 6.07) is 8.90. The summed E-state index contributed by atoms with van der Waals surface area (Å²) >= 11 is 0. The number of benzene rings is 1. The van der Waals surface area contributed by atoms with Crippen LogP contribution in [0.25, 0.3) is 0 Å². The van der Waals surface area contributed by atoms with Crippen LogP contribution in [0, 0.1) is 57.0 Å². The van der Waals surface area contributed by atoms with Gasteiger partial charge in [-0.2, -0.15) is 15.8 Å². The molecule has 1 aliphatic heterocycles. The van der Waals surface area contributed by atoms with Gasteiger partial charge in [0.2, 0.25) is 0 Å². The zero-order valence-corrected chi connectivity index (χ0v) is 14.0. The first-order chi connectivity index (χ1) is 12.4. The molecule has 130 valence electrons. The Bertz CT molecular complexity index is 944. The van der Waals surface area contributed by atoms with Crippen LogP contribution in [0.5, 0.6) is 0 Å². The van der Waals surface area contributed by atoms with Gasteiger partial charge in [0.15, 0.2) is 5.41 Å². The summed E-state index contributed by atoms with van der Waals surface area (Å²) in [6.07, 6.45) is 1.81. The van der Waals surface area contributed by atoms with Gasteiger partial charge in [0.25, 0.3) is 0 Å². The number of rotatable bonds is 1. The van der Waals surface area contributed by atoms with Gasteiger partial charge in [-0.1, -0.05) is 12.1 Å². The van der Waals surface area contributed by atoms with Gasteiger partial charge >= 0.3 is 0 Å². The second-order valence-electron chi connectivity index (χ2n) is 6.56. The Morgan fingerprint density at radius 3 is 2.50 bits per heavy atom. The van der Waals surface area contributed by atoms with Crippen molar-refractivity contribution in [2.75, 3.05) is 20.1 Å². The minimum atomic E-state index is -1.91. The number of fused-ring (bicyclic) bond motifs is 1. The van der Waals surface area contributed by atoms with E-state index in [2.05, 4.69) is 0 Å². The van der Waals surface area contributed by atoms with E-state index in [0.29, 0.717) is 18.7 Å². The molecule has 0 radical (unpaired) electrons. The molecule has 2 N–H and O–H groups in total. The monoisotopic (exact) mass is 351 g/mol. The SMILES string of the molecule is CN1CC=C2C(C#N)=C(N)C(C#N)(C#N)[C@@H](c3ccc(F)cc3F)[C@@H]2C1. The molecule has 0 saturated heterocycles. The molecule has 1 aromatic rings. The van der Waals surface area contributed by atoms with E-state index in [9.17, 15) is 24.6 Å². The van der Waals surface area contributed by atoms with Gasteiger partial charge in [-0.05, 0) is 24.3 Å². The molecular formula is C19H15F2N5. The molecule has 1 heterocycles. The average Bonchev–Trinajstić information content (AvgIpc) is 2.62. The van der Waals surface area contributed by atoms with Crippen LogP contribution in [0.4, 0.5) is 8.78 Å². The van der Waals surface area contributed by atoms with Crippen LogP contribution in [0.2, 0.25) is 0 Å². The number of nitriles is 3. The maximum atomic E-state index is 14.6. The molecule has 2 atom stereocenters. The number of likely N-dealkylation sites (N-methyl/N-ethyl adjacent to an activating group) is 1. The number of hydrogen-bond acceptors (Lipinski definition) is 5. The van der Waals surface area contributed by atoms with Crippen molar-refractivity contribution in [2.45, 2.75) is 5.92 Å². The molecule has 0 saturated carbocycles. The first-order valence-corrected chi connectivity index (χ1v) is 7.96. The van der Waals surface area contributed by atoms with Crippen LogP contribution in [0.1, 0.15) is 11.5 Å². The molecule has 0 bridgehead atoms. The van der Waals surface area contributed by atoms with Crippen LogP contribution in [0.15, 0.2) is 41.1 Å². The number of nitrogens with two attached hydrogens (primary N) is 1. The normalized spacial score (nSPS) is 24.7. The Labute approximate surface area is 149 Å². The van der Waals surface area contributed by atoms with E-state index < -0.39 is 28.9 Å². The molecule has 26 heavy (non-hydrogen) atoms. The van der Waals surface area contributed by atoms with Crippen molar-refractivity contribution in [3.63, 3.8) is 0 Å². The summed E-state index contributed by atoms with van der Waals surface area (Å²) in [5, 5.41) is 29.2. The van der Waals surface area contributed by atoms with Crippen molar-refractivity contribution in [1.82, 2.24) is 4.90 Å². The average molecular weight is 351 g/mol. The predicted octanol–water partition coefficient (Wildman–Crippen LogP) is 2.32. The smallest absolute Gasteiger partial charge is 0.191 e. The highest BCUT2D eigenvalue weighted by molar-refractivity contribution is 5.59. The Morgan fingerprint density at radius 1 is 1.23 bits per heavy atom. The predicted molar refractivity (Wildman–Crippen MR) is 88.7 cm³/mol. The molecule has 1 aromatic carbocycles. The lowest BCUT2D eigenvalue weighted by Gasteiger charge is -2.45. The topological polar surface area (TPSA) is 101 Å². The highest BCUT2D eigenvalue weighted by Gasteiger charge is 2.54. The van der Waals surface area contributed by atoms with Crippen molar-refractivity contribution in [1.29, 1.82) is 15.8 Å². The summed E-state index contributed by atoms with van der Waals surface area (Å²) < 4.78 is 28.0. The van der Waals surface area contributed by atoms with Crippen LogP contribution < -0.4 is 5.73 Å². The number of nitrogens with zero attached hydrogens (tertiary/aromatic N) is 4. The van der Waals surface area contributed by atoms with Crippen LogP contribution >= 0.6 is 0 Å². The zero-order valence-electron chi connectivity index (χ0n) is 14.0. The van der Waals surface area contributed by atoms with E-state index in [1.165, 1.54) is 6.07 Å². The highest BCUT2D eigenvalue weighted by Crippen LogP contribution is 2.54. The molecular weight excluding hydrogens is 336 g/mol. The molecule has 0 fully saturated rings. The molecule has 2 aliphatic rings. The van der Waals surface area contributed by atoms with E-state index in [4.69, 9.17) is 5.73 Å². The lowest BCUT2D eigenvalue weighted by atomic mass is 9.58. The maximum absolute atomic E-state index is 14.6. The third-order valence-corrected chi connectivity index (χ3v) is 5.14. The van der Waals surface area contributed by atoms with Crippen molar-refractivity contribution < 1.29 is 8.78 Å². The lowest BCUT2D eigenvalue weighted by Crippen LogP contribution is -2.47. The minimum Gasteiger partial charge on any atom is -0.399 e. The zero-order chi connectivity index (χ0) is 19.1. The molecule has 0 unspecified atom stereocenters. The van der Waals surface area contributed by atoms with Gasteiger partial charge in [0.05, 0.1) is 23.4 Å². The number of allylic oxidation sites excluding steroid dienone is 2. The Hall–Kier alpha value is -3.21. The van der Waals surface area contributed by atoms with E-state index in [1.54, 1.807) is 0 Å². The molecule has 0 aromatic heterocycles. The van der Waals surface area contributed by atoms with E-state index in [0.717, 1.165) is 12.1 Å². The second kappa shape index (κ2) is 6.26. The van der Waals surface area contributed by atoms with Crippen LogP contribution in [0.3, 0.4) is 0 Å². The number of hydrogen-bond donors (Lipinski definition) is 1. The Morgan fingerprint density at radius 2 is 1.92 bits per heavy atom. The van der Waals surface area contributed by atoms with Gasteiger partial charge in [-0.15, -0.1) is 0 Å². The summed E-state index contributed by atoms with van der Waals surface area (Å²) in [6.45, 7) is 0.978. The van der Waals surface area contributed by atoms with Gasteiger partial charge in [0.1, 0.15) is 17.7 Å². The first-order valence-electron chi connectivity index (χ1n) is 7.96. The fraction of sp³-hybridized carbons (Fsp3) is 0.316. The second-order valence-corrected chi connectivity index (χ2v) is 6.56. The summed E-state index contributed by atoms with van der Waals surface area (Å²) in [5.41, 5.74) is 4.77. The van der Waals surface area contributed by atoms with Gasteiger partial charge in [0, 0.05) is 31.0 Å². The first kappa shape index (κ1) is 17.6. The van der Waals surface area contributed by atoms with Crippen molar-refractivity contribution >= 4 is 0 Å². The Kier molecular flexibility index (Phi) is 4.24. The van der Waals surface area contributed by atoms with Crippen LogP contribution in [-0.4, -0.2) is 25.0 Å². The quantitative estimate of drug-likeness (QED) is 0.837. The third-order valence-electron chi connectivity index (χ3n) is 5.14. The molecule has 5 nitrogen and oxygen atoms in total. The molecule has 7 heteroatoms. The fourth-order valence-corrected chi connectivity index (χ4v) is 3.92. The molecule has 0 spiro atoms. The van der Waals surface area contributed by atoms with E-state index in [1.807, 2.05) is 36.2 Å². The van der Waals surface area contributed by atoms with Gasteiger partial charge in [-0.3, -0.25) is 0 Å². The fourth-order valence-electron chi connectivity index (χ4n) is 3.92. The molecule has 3 rings (SSSR count). The standard InChI is InChI=1S/C19H15F2N5/c1-26-5-4-12-14(7-22)18(25)19(9-23,10-24)17(15(12)8-26)13-3-2-11(20)6-16(13)21/h2-4,6,15,17H,5,8,25H2,1H3/t15-,17+/m1/s1. The van der Waals surface area contributed by atoms with Gasteiger partial charge in [-0.25, -0.2) is 8.78 Å². The third kappa shape index (κ3) is 2.36. The van der Waals surface area contributed by atoms with E-state index in [-0.39, 0.29) is 16.8 Å². The Balaban J connectivity index is 2.36. The summed E-state index contributed by atoms with van der Waals surface area (Å²) in [5.74, 6) is -3.04. The summed E-state index contributed by atoms with van der Waals surface area (Å²) in [4.78, 5) is 1.94. The summed E-state index contributed by atoms with van der Waals surface area (Å²) in [7, 11) is 1.85. The van der Waals surface area contributed by atoms with Crippen molar-refractivity contribution in [2.24, 2.45) is 17.1 Å². The maximum Gasteiger partial charge on any atom is 0.191 e.